The van der Waals surface area contributed by atoms with E-state index in [1.54, 1.807) is 18.2 Å². The van der Waals surface area contributed by atoms with Crippen molar-refractivity contribution in [1.82, 2.24) is 9.62 Å². The summed E-state index contributed by atoms with van der Waals surface area (Å²) in [6.07, 6.45) is 3.16. The Kier molecular flexibility index (Phi) is 6.12. The number of halogens is 1. The number of benzene rings is 2. The lowest BCUT2D eigenvalue weighted by molar-refractivity contribution is 0.241. The molecule has 0 bridgehead atoms. The van der Waals surface area contributed by atoms with E-state index in [0.29, 0.717) is 6.54 Å². The summed E-state index contributed by atoms with van der Waals surface area (Å²) in [6.45, 7) is 2.42. The molecule has 6 heteroatoms. The zero-order valence-electron chi connectivity index (χ0n) is 14.1. The van der Waals surface area contributed by atoms with Crippen molar-refractivity contribution in [3.63, 3.8) is 0 Å². The number of sulfonamides is 1. The molecule has 0 spiro atoms. The van der Waals surface area contributed by atoms with Gasteiger partial charge < -0.3 is 0 Å². The van der Waals surface area contributed by atoms with Crippen LogP contribution in [-0.2, 0) is 16.4 Å². The molecule has 0 amide bonds. The standard InChI is InChI=1S/C19H23ClN2O2S/c20-18-10-4-5-11-19(18)25(23,24)21-15-17(22-12-6-7-13-22)14-16-8-2-1-3-9-16/h1-5,8-11,17,21H,6-7,12-15H2. The van der Waals surface area contributed by atoms with Gasteiger partial charge in [0, 0.05) is 12.6 Å². The Morgan fingerprint density at radius 2 is 1.64 bits per heavy atom. The summed E-state index contributed by atoms with van der Waals surface area (Å²) < 4.78 is 28.0. The summed E-state index contributed by atoms with van der Waals surface area (Å²) >= 11 is 6.05. The highest BCUT2D eigenvalue weighted by molar-refractivity contribution is 7.89. The molecule has 1 saturated heterocycles. The molecule has 0 aromatic heterocycles. The van der Waals surface area contributed by atoms with Crippen LogP contribution in [0.4, 0.5) is 0 Å². The number of nitrogens with zero attached hydrogens (tertiary/aromatic N) is 1. The van der Waals surface area contributed by atoms with Gasteiger partial charge in [-0.25, -0.2) is 13.1 Å². The molecule has 134 valence electrons. The Morgan fingerprint density at radius 3 is 2.32 bits per heavy atom. The molecule has 4 nitrogen and oxygen atoms in total. The van der Waals surface area contributed by atoms with Crippen LogP contribution in [0, 0.1) is 0 Å². The normalized spacial score (nSPS) is 16.8. The lowest BCUT2D eigenvalue weighted by Gasteiger charge is -2.28. The van der Waals surface area contributed by atoms with Crippen LogP contribution >= 0.6 is 11.6 Å². The van der Waals surface area contributed by atoms with Gasteiger partial charge in [0.15, 0.2) is 0 Å². The highest BCUT2D eigenvalue weighted by Crippen LogP contribution is 2.21. The Balaban J connectivity index is 1.73. The number of hydrogen-bond acceptors (Lipinski definition) is 3. The molecule has 1 fully saturated rings. The number of rotatable bonds is 7. The van der Waals surface area contributed by atoms with Crippen molar-refractivity contribution in [2.45, 2.75) is 30.2 Å². The molecule has 2 aromatic carbocycles. The van der Waals surface area contributed by atoms with Gasteiger partial charge in [-0.3, -0.25) is 4.90 Å². The number of hydrogen-bond donors (Lipinski definition) is 1. The van der Waals surface area contributed by atoms with Gasteiger partial charge in [-0.05, 0) is 50.0 Å². The van der Waals surface area contributed by atoms with Crippen molar-refractivity contribution < 1.29 is 8.42 Å². The first-order valence-corrected chi connectivity index (χ1v) is 10.4. The monoisotopic (exact) mass is 378 g/mol. The average Bonchev–Trinajstić information content (AvgIpc) is 3.14. The van der Waals surface area contributed by atoms with Crippen molar-refractivity contribution in [2.75, 3.05) is 19.6 Å². The van der Waals surface area contributed by atoms with Crippen LogP contribution < -0.4 is 4.72 Å². The average molecular weight is 379 g/mol. The molecule has 0 saturated carbocycles. The Hall–Kier alpha value is -1.40. The summed E-state index contributed by atoms with van der Waals surface area (Å²) in [5, 5.41) is 0.246. The highest BCUT2D eigenvalue weighted by atomic mass is 35.5. The van der Waals surface area contributed by atoms with Gasteiger partial charge in [0.2, 0.25) is 10.0 Å². The van der Waals surface area contributed by atoms with E-state index in [-0.39, 0.29) is 16.0 Å². The van der Waals surface area contributed by atoms with Gasteiger partial charge >= 0.3 is 0 Å². The van der Waals surface area contributed by atoms with Crippen LogP contribution in [0.1, 0.15) is 18.4 Å². The van der Waals surface area contributed by atoms with E-state index in [4.69, 9.17) is 11.6 Å². The van der Waals surface area contributed by atoms with Gasteiger partial charge in [0.1, 0.15) is 4.90 Å². The van der Waals surface area contributed by atoms with Crippen molar-refractivity contribution >= 4 is 21.6 Å². The largest absolute Gasteiger partial charge is 0.299 e. The summed E-state index contributed by atoms with van der Waals surface area (Å²) in [5.41, 5.74) is 1.22. The van der Waals surface area contributed by atoms with E-state index in [2.05, 4.69) is 21.8 Å². The molecule has 1 aliphatic rings. The van der Waals surface area contributed by atoms with Crippen molar-refractivity contribution in [2.24, 2.45) is 0 Å². The van der Waals surface area contributed by atoms with Gasteiger partial charge in [0.05, 0.1) is 5.02 Å². The zero-order valence-corrected chi connectivity index (χ0v) is 15.6. The molecular formula is C19H23ClN2O2S. The van der Waals surface area contributed by atoms with Crippen molar-refractivity contribution in [3.8, 4) is 0 Å². The van der Waals surface area contributed by atoms with Crippen LogP contribution in [0.15, 0.2) is 59.5 Å². The maximum Gasteiger partial charge on any atom is 0.242 e. The SMILES string of the molecule is O=S(=O)(NCC(Cc1ccccc1)N1CCCC1)c1ccccc1Cl. The first-order chi connectivity index (χ1) is 12.1. The van der Waals surface area contributed by atoms with Gasteiger partial charge in [0.25, 0.3) is 0 Å². The van der Waals surface area contributed by atoms with Crippen molar-refractivity contribution in [1.29, 1.82) is 0 Å². The van der Waals surface area contributed by atoms with E-state index in [0.717, 1.165) is 19.5 Å². The van der Waals surface area contributed by atoms with Crippen LogP contribution in [-0.4, -0.2) is 39.0 Å². The second-order valence-corrected chi connectivity index (χ2v) is 8.51. The molecule has 1 heterocycles. The van der Waals surface area contributed by atoms with Gasteiger partial charge in [-0.2, -0.15) is 0 Å². The predicted octanol–water partition coefficient (Wildman–Crippen LogP) is 3.33. The predicted molar refractivity (Wildman–Crippen MR) is 101 cm³/mol. The van der Waals surface area contributed by atoms with Crippen LogP contribution in [0.2, 0.25) is 5.02 Å². The molecule has 2 aromatic rings. The molecule has 0 aliphatic carbocycles. The minimum absolute atomic E-state index is 0.136. The molecule has 1 unspecified atom stereocenters. The maximum absolute atomic E-state index is 12.6. The maximum atomic E-state index is 12.6. The fourth-order valence-electron chi connectivity index (χ4n) is 3.27. The van der Waals surface area contributed by atoms with E-state index in [9.17, 15) is 8.42 Å². The fraction of sp³-hybridized carbons (Fsp3) is 0.368. The summed E-state index contributed by atoms with van der Waals surface area (Å²) in [7, 11) is -3.62. The molecule has 25 heavy (non-hydrogen) atoms. The quantitative estimate of drug-likeness (QED) is 0.804. The van der Waals surface area contributed by atoms with E-state index in [1.807, 2.05) is 18.2 Å². The third-order valence-electron chi connectivity index (χ3n) is 4.61. The lowest BCUT2D eigenvalue weighted by Crippen LogP contribution is -2.44. The minimum atomic E-state index is -3.62. The molecule has 3 rings (SSSR count). The zero-order chi connectivity index (χ0) is 17.7. The highest BCUT2D eigenvalue weighted by Gasteiger charge is 2.25. The van der Waals surface area contributed by atoms with Crippen molar-refractivity contribution in [3.05, 3.63) is 65.2 Å². The third kappa shape index (κ3) is 4.82. The third-order valence-corrected chi connectivity index (χ3v) is 6.53. The second-order valence-electron chi connectivity index (χ2n) is 6.37. The topological polar surface area (TPSA) is 49.4 Å². The molecular weight excluding hydrogens is 356 g/mol. The first kappa shape index (κ1) is 18.4. The van der Waals surface area contributed by atoms with Gasteiger partial charge in [-0.1, -0.05) is 54.1 Å². The molecule has 1 atom stereocenters. The molecule has 1 aliphatic heterocycles. The Bertz CT molecular complexity index is 790. The van der Waals surface area contributed by atoms with Gasteiger partial charge in [-0.15, -0.1) is 0 Å². The van der Waals surface area contributed by atoms with Crippen LogP contribution in [0.5, 0.6) is 0 Å². The van der Waals surface area contributed by atoms with Crippen LogP contribution in [0.25, 0.3) is 0 Å². The lowest BCUT2D eigenvalue weighted by atomic mass is 10.1. The summed E-state index contributed by atoms with van der Waals surface area (Å²) in [6, 6.07) is 16.9. The second kappa shape index (κ2) is 8.32. The Labute approximate surface area is 154 Å². The van der Waals surface area contributed by atoms with E-state index in [1.165, 1.54) is 24.5 Å². The first-order valence-electron chi connectivity index (χ1n) is 8.58. The smallest absolute Gasteiger partial charge is 0.242 e. The molecule has 0 radical (unpaired) electrons. The Morgan fingerprint density at radius 1 is 1.00 bits per heavy atom. The molecule has 1 N–H and O–H groups in total. The fourth-order valence-corrected chi connectivity index (χ4v) is 4.86. The summed E-state index contributed by atoms with van der Waals surface area (Å²) in [5.74, 6) is 0. The van der Waals surface area contributed by atoms with Crippen LogP contribution in [0.3, 0.4) is 0 Å². The van der Waals surface area contributed by atoms with E-state index >= 15 is 0 Å². The number of nitrogens with one attached hydrogen (secondary N) is 1. The summed E-state index contributed by atoms with van der Waals surface area (Å²) in [4.78, 5) is 2.51. The number of likely N-dealkylation sites (tertiary alicyclic amines) is 1. The van der Waals surface area contributed by atoms with E-state index < -0.39 is 10.0 Å². The minimum Gasteiger partial charge on any atom is -0.299 e.